The van der Waals surface area contributed by atoms with Crippen molar-refractivity contribution in [2.75, 3.05) is 6.54 Å². The molecule has 0 N–H and O–H groups in total. The van der Waals surface area contributed by atoms with Crippen molar-refractivity contribution >= 4 is 6.29 Å². The molecule has 0 spiro atoms. The van der Waals surface area contributed by atoms with E-state index in [0.29, 0.717) is 24.3 Å². The molecule has 1 unspecified atom stereocenters. The van der Waals surface area contributed by atoms with Crippen LogP contribution in [0.1, 0.15) is 44.8 Å². The van der Waals surface area contributed by atoms with Crippen LogP contribution in [-0.4, -0.2) is 34.8 Å². The Morgan fingerprint density at radius 3 is 3.11 bits per heavy atom. The van der Waals surface area contributed by atoms with Crippen LogP contribution in [0.4, 0.5) is 0 Å². The number of hydrogen-bond donors (Lipinski definition) is 0. The van der Waals surface area contributed by atoms with Gasteiger partial charge in [0.2, 0.25) is 0 Å². The Labute approximate surface area is 108 Å². The quantitative estimate of drug-likeness (QED) is 0.752. The zero-order chi connectivity index (χ0) is 13.0. The number of aromatic nitrogens is 1. The number of oxazole rings is 1. The maximum absolute atomic E-state index is 10.4. The van der Waals surface area contributed by atoms with Crippen molar-refractivity contribution < 1.29 is 9.21 Å². The normalized spacial score (nSPS) is 21.4. The highest BCUT2D eigenvalue weighted by atomic mass is 16.4. The summed E-state index contributed by atoms with van der Waals surface area (Å²) in [5.41, 5.74) is 0. The maximum atomic E-state index is 10.4. The van der Waals surface area contributed by atoms with E-state index in [1.54, 1.807) is 6.20 Å². The second kappa shape index (κ2) is 6.14. The molecular weight excluding hydrogens is 228 g/mol. The number of piperidine rings is 1. The van der Waals surface area contributed by atoms with Crippen molar-refractivity contribution in [3.05, 3.63) is 17.8 Å². The van der Waals surface area contributed by atoms with Crippen LogP contribution in [0.5, 0.6) is 0 Å². The molecule has 1 aliphatic heterocycles. The van der Waals surface area contributed by atoms with Crippen LogP contribution < -0.4 is 0 Å². The van der Waals surface area contributed by atoms with Crippen molar-refractivity contribution in [1.82, 2.24) is 9.88 Å². The second-order valence-electron chi connectivity index (χ2n) is 5.28. The summed E-state index contributed by atoms with van der Waals surface area (Å²) in [6.07, 6.45) is 7.50. The number of carbonyl (C=O) groups excluding carboxylic acids is 1. The van der Waals surface area contributed by atoms with Gasteiger partial charge in [-0.3, -0.25) is 4.90 Å². The molecule has 4 heteroatoms. The van der Waals surface area contributed by atoms with E-state index < -0.39 is 0 Å². The monoisotopic (exact) mass is 250 g/mol. The Bertz CT molecular complexity index is 387. The third kappa shape index (κ3) is 3.19. The van der Waals surface area contributed by atoms with E-state index in [0.717, 1.165) is 18.6 Å². The lowest BCUT2D eigenvalue weighted by Gasteiger charge is -2.38. The first-order valence-corrected chi connectivity index (χ1v) is 6.83. The number of aldehydes is 1. The number of rotatable bonds is 5. The van der Waals surface area contributed by atoms with Gasteiger partial charge in [-0.05, 0) is 33.2 Å². The molecule has 1 atom stereocenters. The molecule has 0 amide bonds. The average Bonchev–Trinajstić information content (AvgIpc) is 2.77. The van der Waals surface area contributed by atoms with Gasteiger partial charge >= 0.3 is 0 Å². The minimum atomic E-state index is 0.325. The molecular formula is C14H22N2O2. The van der Waals surface area contributed by atoms with E-state index in [4.69, 9.17) is 4.42 Å². The smallest absolute Gasteiger partial charge is 0.195 e. The summed E-state index contributed by atoms with van der Waals surface area (Å²) >= 11 is 0. The van der Waals surface area contributed by atoms with Crippen LogP contribution in [0, 0.1) is 0 Å². The van der Waals surface area contributed by atoms with E-state index in [9.17, 15) is 4.79 Å². The Balaban J connectivity index is 1.99. The third-order valence-corrected chi connectivity index (χ3v) is 3.63. The van der Waals surface area contributed by atoms with E-state index >= 15 is 0 Å². The molecule has 4 nitrogen and oxygen atoms in total. The molecule has 100 valence electrons. The highest BCUT2D eigenvalue weighted by molar-refractivity contribution is 5.52. The summed E-state index contributed by atoms with van der Waals surface area (Å²) in [5.74, 6) is 1.44. The zero-order valence-corrected chi connectivity index (χ0v) is 11.3. The molecule has 1 aromatic heterocycles. The Morgan fingerprint density at radius 1 is 1.56 bits per heavy atom. The molecule has 1 saturated heterocycles. The van der Waals surface area contributed by atoms with E-state index in [-0.39, 0.29) is 0 Å². The predicted octanol–water partition coefficient (Wildman–Crippen LogP) is 2.22. The minimum Gasteiger partial charge on any atom is -0.445 e. The summed E-state index contributed by atoms with van der Waals surface area (Å²) in [5, 5.41) is 0. The van der Waals surface area contributed by atoms with Crippen LogP contribution in [-0.2, 0) is 17.6 Å². The van der Waals surface area contributed by atoms with Gasteiger partial charge in [-0.15, -0.1) is 0 Å². The molecule has 0 aliphatic carbocycles. The third-order valence-electron chi connectivity index (χ3n) is 3.63. The van der Waals surface area contributed by atoms with Gasteiger partial charge in [0.25, 0.3) is 0 Å². The van der Waals surface area contributed by atoms with E-state index in [1.807, 2.05) is 0 Å². The molecule has 2 rings (SSSR count). The molecule has 0 bridgehead atoms. The first kappa shape index (κ1) is 13.3. The van der Waals surface area contributed by atoms with Crippen molar-refractivity contribution in [3.63, 3.8) is 0 Å². The Kier molecular flexibility index (Phi) is 4.53. The molecule has 0 saturated carbocycles. The molecule has 0 radical (unpaired) electrons. The number of likely N-dealkylation sites (tertiary alicyclic amines) is 1. The van der Waals surface area contributed by atoms with Crippen LogP contribution in [0.25, 0.3) is 0 Å². The SMILES string of the molecule is CC(C)N1CCCCC1Cc1ncc(CC=O)o1. The zero-order valence-electron chi connectivity index (χ0n) is 11.3. The van der Waals surface area contributed by atoms with E-state index in [2.05, 4.69) is 23.7 Å². The van der Waals surface area contributed by atoms with Gasteiger partial charge in [0.15, 0.2) is 5.89 Å². The highest BCUT2D eigenvalue weighted by Gasteiger charge is 2.25. The molecule has 1 fully saturated rings. The lowest BCUT2D eigenvalue weighted by atomic mass is 9.98. The summed E-state index contributed by atoms with van der Waals surface area (Å²) in [7, 11) is 0. The number of carbonyl (C=O) groups is 1. The van der Waals surface area contributed by atoms with Crippen molar-refractivity contribution in [2.24, 2.45) is 0 Å². The number of nitrogens with zero attached hydrogens (tertiary/aromatic N) is 2. The molecule has 2 heterocycles. The summed E-state index contributed by atoms with van der Waals surface area (Å²) in [6, 6.07) is 1.10. The predicted molar refractivity (Wildman–Crippen MR) is 69.5 cm³/mol. The van der Waals surface area contributed by atoms with Gasteiger partial charge < -0.3 is 9.21 Å². The lowest BCUT2D eigenvalue weighted by molar-refractivity contribution is -0.107. The fraction of sp³-hybridized carbons (Fsp3) is 0.714. The van der Waals surface area contributed by atoms with Crippen molar-refractivity contribution in [2.45, 2.75) is 58.0 Å². The molecule has 1 aromatic rings. The van der Waals surface area contributed by atoms with Crippen LogP contribution in [0.2, 0.25) is 0 Å². The first-order chi connectivity index (χ1) is 8.70. The minimum absolute atomic E-state index is 0.325. The van der Waals surface area contributed by atoms with Crippen molar-refractivity contribution in [3.8, 4) is 0 Å². The van der Waals surface area contributed by atoms with Gasteiger partial charge in [0.05, 0.1) is 12.6 Å². The molecule has 0 aromatic carbocycles. The van der Waals surface area contributed by atoms with Gasteiger partial charge in [-0.2, -0.15) is 0 Å². The topological polar surface area (TPSA) is 46.3 Å². The van der Waals surface area contributed by atoms with Crippen molar-refractivity contribution in [1.29, 1.82) is 0 Å². The highest BCUT2D eigenvalue weighted by Crippen LogP contribution is 2.22. The largest absolute Gasteiger partial charge is 0.445 e. The van der Waals surface area contributed by atoms with Crippen LogP contribution in [0.15, 0.2) is 10.6 Å². The van der Waals surface area contributed by atoms with Gasteiger partial charge in [0, 0.05) is 18.5 Å². The maximum Gasteiger partial charge on any atom is 0.195 e. The average molecular weight is 250 g/mol. The van der Waals surface area contributed by atoms with Gasteiger partial charge in [0.1, 0.15) is 12.0 Å². The van der Waals surface area contributed by atoms with Gasteiger partial charge in [-0.25, -0.2) is 4.98 Å². The second-order valence-corrected chi connectivity index (χ2v) is 5.28. The molecule has 18 heavy (non-hydrogen) atoms. The first-order valence-electron chi connectivity index (χ1n) is 6.83. The number of hydrogen-bond acceptors (Lipinski definition) is 4. The standard InChI is InChI=1S/C14H22N2O2/c1-11(2)16-7-4-3-5-12(16)9-14-15-10-13(18-14)6-8-17/h8,10-12H,3-7,9H2,1-2H3. The summed E-state index contributed by atoms with van der Waals surface area (Å²) in [6.45, 7) is 5.65. The van der Waals surface area contributed by atoms with Crippen LogP contribution >= 0.6 is 0 Å². The van der Waals surface area contributed by atoms with E-state index in [1.165, 1.54) is 25.8 Å². The fourth-order valence-electron chi connectivity index (χ4n) is 2.74. The fourth-order valence-corrected chi connectivity index (χ4v) is 2.74. The Hall–Kier alpha value is -1.16. The summed E-state index contributed by atoms with van der Waals surface area (Å²) < 4.78 is 5.59. The van der Waals surface area contributed by atoms with Gasteiger partial charge in [-0.1, -0.05) is 6.42 Å². The summed E-state index contributed by atoms with van der Waals surface area (Å²) in [4.78, 5) is 17.2. The Morgan fingerprint density at radius 2 is 2.39 bits per heavy atom. The lowest BCUT2D eigenvalue weighted by Crippen LogP contribution is -2.45. The van der Waals surface area contributed by atoms with Crippen LogP contribution in [0.3, 0.4) is 0 Å². The molecule has 1 aliphatic rings.